The highest BCUT2D eigenvalue weighted by molar-refractivity contribution is 8.22. The van der Waals surface area contributed by atoms with Crippen LogP contribution in [0.2, 0.25) is 6.82 Å². The van der Waals surface area contributed by atoms with Crippen LogP contribution >= 0.6 is 36.2 Å². The number of aryl methyl sites for hydroxylation is 1. The molecule has 0 saturated heterocycles. The summed E-state index contributed by atoms with van der Waals surface area (Å²) in [6, 6.07) is 20.6. The SMILES string of the molecule is CNC(=S)SCc1ccccc1.CNC(C)=S.Cc1ccccc1.[2H][B]C.[B]. The molecule has 0 unspecified atom stereocenters. The second kappa shape index (κ2) is 22.7. The lowest BCUT2D eigenvalue weighted by Crippen LogP contribution is -2.10. The van der Waals surface area contributed by atoms with Crippen LogP contribution in [-0.4, -0.2) is 41.0 Å². The molecular formula is C20H30B2N2S3. The maximum absolute atomic E-state index is 6.08. The van der Waals surface area contributed by atoms with Crippen molar-refractivity contribution >= 4 is 61.7 Å². The van der Waals surface area contributed by atoms with Crippen LogP contribution < -0.4 is 10.6 Å². The van der Waals surface area contributed by atoms with Gasteiger partial charge in [-0.15, -0.1) is 0 Å². The van der Waals surface area contributed by atoms with Crippen LogP contribution in [-0.2, 0) is 5.75 Å². The molecule has 0 atom stereocenters. The van der Waals surface area contributed by atoms with E-state index in [9.17, 15) is 0 Å². The molecule has 2 aromatic rings. The Morgan fingerprint density at radius 3 is 1.70 bits per heavy atom. The summed E-state index contributed by atoms with van der Waals surface area (Å²) in [5.41, 5.74) is 2.63. The Hall–Kier alpha value is -1.30. The van der Waals surface area contributed by atoms with E-state index in [1.54, 1.807) is 18.6 Å². The zero-order valence-corrected chi connectivity index (χ0v) is 19.3. The van der Waals surface area contributed by atoms with Gasteiger partial charge in [0.15, 0.2) is 0 Å². The minimum atomic E-state index is 0. The monoisotopic (exact) mass is 417 g/mol. The summed E-state index contributed by atoms with van der Waals surface area (Å²) in [6.45, 7) is 5.59. The third-order valence-corrected chi connectivity index (χ3v) is 4.42. The van der Waals surface area contributed by atoms with Crippen molar-refractivity contribution in [3.63, 3.8) is 0 Å². The number of nitrogens with one attached hydrogen (secondary N) is 2. The van der Waals surface area contributed by atoms with Crippen LogP contribution in [0.25, 0.3) is 0 Å². The summed E-state index contributed by atoms with van der Waals surface area (Å²) in [7, 11) is 4.91. The molecule has 0 saturated carbocycles. The fourth-order valence-corrected chi connectivity index (χ4v) is 2.14. The van der Waals surface area contributed by atoms with E-state index in [1.807, 2.05) is 57.4 Å². The summed E-state index contributed by atoms with van der Waals surface area (Å²) >= 11 is 11.2. The first-order valence-electron chi connectivity index (χ1n) is 8.73. The summed E-state index contributed by atoms with van der Waals surface area (Å²) in [5.74, 6) is 0.945. The second-order valence-electron chi connectivity index (χ2n) is 4.77. The average molecular weight is 417 g/mol. The minimum absolute atomic E-state index is 0. The van der Waals surface area contributed by atoms with Crippen molar-refractivity contribution in [1.82, 2.24) is 10.6 Å². The van der Waals surface area contributed by atoms with Crippen LogP contribution in [0.15, 0.2) is 60.7 Å². The number of hydrogen-bond donors (Lipinski definition) is 2. The number of hydrogen-bond acceptors (Lipinski definition) is 3. The van der Waals surface area contributed by atoms with Gasteiger partial charge in [-0.05, 0) is 20.7 Å². The lowest BCUT2D eigenvalue weighted by Gasteiger charge is -2.01. The fraction of sp³-hybridized carbons (Fsp3) is 0.300. The predicted octanol–water partition coefficient (Wildman–Crippen LogP) is 4.53. The Morgan fingerprint density at radius 2 is 1.41 bits per heavy atom. The lowest BCUT2D eigenvalue weighted by atomic mass is 10.2. The van der Waals surface area contributed by atoms with Crippen LogP contribution in [0.3, 0.4) is 0 Å². The molecule has 0 aliphatic rings. The van der Waals surface area contributed by atoms with Gasteiger partial charge >= 0.3 is 0 Å². The molecule has 0 spiro atoms. The molecule has 0 heterocycles. The van der Waals surface area contributed by atoms with Crippen LogP contribution in [0.5, 0.6) is 0 Å². The van der Waals surface area contributed by atoms with Gasteiger partial charge in [0, 0.05) is 28.3 Å². The van der Waals surface area contributed by atoms with E-state index < -0.39 is 0 Å². The van der Waals surface area contributed by atoms with Crippen molar-refractivity contribution in [3.05, 3.63) is 71.8 Å². The van der Waals surface area contributed by atoms with Crippen LogP contribution in [0.1, 0.15) is 18.1 Å². The molecule has 0 fully saturated rings. The molecular weight excluding hydrogens is 386 g/mol. The smallest absolute Gasteiger partial charge is 0.133 e. The van der Waals surface area contributed by atoms with E-state index in [0.29, 0.717) is 0 Å². The molecule has 144 valence electrons. The highest BCUT2D eigenvalue weighted by Gasteiger charge is 1.94. The van der Waals surface area contributed by atoms with Gasteiger partial charge in [-0.3, -0.25) is 0 Å². The van der Waals surface area contributed by atoms with Gasteiger partial charge in [0.2, 0.25) is 0 Å². The predicted molar refractivity (Wildman–Crippen MR) is 137 cm³/mol. The van der Waals surface area contributed by atoms with E-state index in [2.05, 4.69) is 54.0 Å². The van der Waals surface area contributed by atoms with Gasteiger partial charge in [-0.1, -0.05) is 109 Å². The summed E-state index contributed by atoms with van der Waals surface area (Å²) in [4.78, 5) is 0.838. The average Bonchev–Trinajstić information content (AvgIpc) is 2.69. The highest BCUT2D eigenvalue weighted by Crippen LogP contribution is 2.11. The maximum Gasteiger partial charge on any atom is 0.133 e. The lowest BCUT2D eigenvalue weighted by molar-refractivity contribution is 1.20. The Balaban J connectivity index is -0.000000334. The van der Waals surface area contributed by atoms with Crippen molar-refractivity contribution in [3.8, 4) is 0 Å². The largest absolute Gasteiger partial charge is 0.383 e. The number of thioether (sulfide) groups is 1. The maximum atomic E-state index is 6.08. The number of benzene rings is 2. The third kappa shape index (κ3) is 22.7. The Bertz CT molecular complexity index is 603. The molecule has 2 rings (SSSR count). The normalized spacial score (nSPS) is 8.26. The van der Waals surface area contributed by atoms with Crippen molar-refractivity contribution in [2.24, 2.45) is 0 Å². The van der Waals surface area contributed by atoms with Gasteiger partial charge in [-0.2, -0.15) is 0 Å². The molecule has 2 nitrogen and oxygen atoms in total. The standard InChI is InChI=1S/C9H11NS2.C7H8.C3H7NS.CH4B.B/c1-10-9(11)12-7-8-5-3-2-4-6-8;1-7-5-3-2-4-6-7;1-3(5)4-2;1-2;/h2-6H,7H2,1H3,(H,10,11);2-6H,1H3;1-2H3,(H,4,5);2H,1H3;/i;;;2D;. The van der Waals surface area contributed by atoms with Crippen LogP contribution in [0.4, 0.5) is 0 Å². The topological polar surface area (TPSA) is 24.1 Å². The molecule has 2 N–H and O–H groups in total. The molecule has 0 amide bonds. The van der Waals surface area contributed by atoms with Crippen molar-refractivity contribution < 1.29 is 0 Å². The zero-order chi connectivity index (χ0) is 20.9. The second-order valence-corrected chi connectivity index (χ2v) is 7.04. The molecule has 0 aliphatic heterocycles. The van der Waals surface area contributed by atoms with E-state index in [0.717, 1.165) is 15.1 Å². The molecule has 0 aliphatic carbocycles. The highest BCUT2D eigenvalue weighted by atomic mass is 32.2. The third-order valence-electron chi connectivity index (χ3n) is 2.71. The molecule has 7 heteroatoms. The summed E-state index contributed by atoms with van der Waals surface area (Å²) in [5, 5.41) is 5.69. The molecule has 0 bridgehead atoms. The van der Waals surface area contributed by atoms with Crippen molar-refractivity contribution in [1.29, 1.82) is 1.34 Å². The van der Waals surface area contributed by atoms with E-state index >= 15 is 0 Å². The summed E-state index contributed by atoms with van der Waals surface area (Å²) < 4.78 is 6.93. The fourth-order valence-electron chi connectivity index (χ4n) is 1.33. The summed E-state index contributed by atoms with van der Waals surface area (Å²) in [6.07, 6.45) is 0. The van der Waals surface area contributed by atoms with Gasteiger partial charge in [0.05, 0.1) is 12.8 Å². The van der Waals surface area contributed by atoms with Crippen LogP contribution in [0, 0.1) is 6.92 Å². The van der Waals surface area contributed by atoms with Gasteiger partial charge in [0.25, 0.3) is 0 Å². The molecule has 27 heavy (non-hydrogen) atoms. The Kier molecular flexibility index (Phi) is 23.5. The van der Waals surface area contributed by atoms with E-state index in [-0.39, 0.29) is 8.41 Å². The number of thiocarbonyl (C=S) groups is 2. The van der Waals surface area contributed by atoms with E-state index in [4.69, 9.17) is 13.6 Å². The first kappa shape index (κ1) is 27.9. The van der Waals surface area contributed by atoms with Gasteiger partial charge in [-0.25, -0.2) is 0 Å². The van der Waals surface area contributed by atoms with E-state index in [1.165, 1.54) is 18.9 Å². The van der Waals surface area contributed by atoms with Crippen molar-refractivity contribution in [2.45, 2.75) is 26.4 Å². The zero-order valence-electron chi connectivity index (χ0n) is 17.9. The quantitative estimate of drug-likeness (QED) is 0.553. The number of rotatable bonds is 2. The van der Waals surface area contributed by atoms with Gasteiger partial charge < -0.3 is 10.6 Å². The first-order valence-corrected chi connectivity index (χ1v) is 9.96. The van der Waals surface area contributed by atoms with Crippen molar-refractivity contribution in [2.75, 3.05) is 14.1 Å². The minimum Gasteiger partial charge on any atom is -0.383 e. The first-order chi connectivity index (χ1) is 12.9. The Morgan fingerprint density at radius 1 is 1.00 bits per heavy atom. The molecule has 4 radical (unpaired) electrons. The molecule has 0 aromatic heterocycles. The van der Waals surface area contributed by atoms with Gasteiger partial charge in [0.1, 0.15) is 4.32 Å². The Labute approximate surface area is 185 Å². The molecule has 2 aromatic carbocycles.